The predicted molar refractivity (Wildman–Crippen MR) is 35.0 cm³/mol. The summed E-state index contributed by atoms with van der Waals surface area (Å²) in [6, 6.07) is 0. The number of hydrogen-bond acceptors (Lipinski definition) is 2. The van der Waals surface area contributed by atoms with Gasteiger partial charge in [0.15, 0.2) is 0 Å². The quantitative estimate of drug-likeness (QED) is 0.182. The Morgan fingerprint density at radius 3 is 2.78 bits per heavy atom. The first-order valence-electron chi connectivity index (χ1n) is 2.37. The van der Waals surface area contributed by atoms with Crippen LogP contribution in [-0.4, -0.2) is 22.8 Å². The van der Waals surface area contributed by atoms with Gasteiger partial charge in [0, 0.05) is 0 Å². The van der Waals surface area contributed by atoms with E-state index in [1.807, 2.05) is 9.24 Å². The van der Waals surface area contributed by atoms with Crippen LogP contribution in [0.4, 0.5) is 0 Å². The first kappa shape index (κ1) is 8.28. The van der Waals surface area contributed by atoms with Crippen molar-refractivity contribution in [3.05, 3.63) is 5.53 Å². The van der Waals surface area contributed by atoms with Crippen LogP contribution < -0.4 is 0 Å². The lowest BCUT2D eigenvalue weighted by atomic mass is 10.7. The molecule has 0 amide bonds. The standard InChI is InChI=1S/C4H7N2O2P/c1-2-8-4(7)3(9)6-5/h2,9H2,1H3. The normalized spacial score (nSPS) is 7.78. The van der Waals surface area contributed by atoms with E-state index < -0.39 is 5.97 Å². The van der Waals surface area contributed by atoms with Gasteiger partial charge in [0.25, 0.3) is 0 Å². The van der Waals surface area contributed by atoms with Crippen molar-refractivity contribution in [3.63, 3.8) is 0 Å². The summed E-state index contributed by atoms with van der Waals surface area (Å²) in [5.74, 6) is -0.620. The van der Waals surface area contributed by atoms with Crippen molar-refractivity contribution < 1.29 is 14.3 Å². The molecule has 0 N–H and O–H groups in total. The SMILES string of the molecule is CCOC(=O)C(P)=[N+]=[N-]. The van der Waals surface area contributed by atoms with Gasteiger partial charge >= 0.3 is 11.4 Å². The van der Waals surface area contributed by atoms with Gasteiger partial charge in [-0.15, -0.1) is 0 Å². The second-order valence-electron chi connectivity index (χ2n) is 1.21. The van der Waals surface area contributed by atoms with Crippen LogP contribution >= 0.6 is 9.24 Å². The van der Waals surface area contributed by atoms with Crippen LogP contribution in [-0.2, 0) is 9.53 Å². The number of nitrogens with zero attached hydrogens (tertiary/aromatic N) is 2. The molecule has 5 heteroatoms. The van der Waals surface area contributed by atoms with E-state index in [0.29, 0.717) is 0 Å². The molecule has 0 bridgehead atoms. The summed E-state index contributed by atoms with van der Waals surface area (Å²) in [5, 5.41) is 0. The van der Waals surface area contributed by atoms with E-state index in [-0.39, 0.29) is 12.1 Å². The Labute approximate surface area is 55.0 Å². The fourth-order valence-corrected chi connectivity index (χ4v) is 0.329. The van der Waals surface area contributed by atoms with Gasteiger partial charge in [0.2, 0.25) is 0 Å². The zero-order chi connectivity index (χ0) is 7.28. The molecule has 0 aliphatic heterocycles. The predicted octanol–water partition coefficient (Wildman–Crippen LogP) is 0.0529. The highest BCUT2D eigenvalue weighted by Gasteiger charge is 2.13. The summed E-state index contributed by atoms with van der Waals surface area (Å²) < 4.78 is 4.44. The first-order valence-corrected chi connectivity index (χ1v) is 2.94. The lowest BCUT2D eigenvalue weighted by Gasteiger charge is -1.90. The van der Waals surface area contributed by atoms with Crippen LogP contribution in [0.15, 0.2) is 0 Å². The monoisotopic (exact) mass is 146 g/mol. The summed E-state index contributed by atoms with van der Waals surface area (Å²) in [6.07, 6.45) is 0. The van der Waals surface area contributed by atoms with E-state index in [9.17, 15) is 4.79 Å². The highest BCUT2D eigenvalue weighted by Crippen LogP contribution is 1.88. The van der Waals surface area contributed by atoms with Crippen molar-refractivity contribution >= 4 is 20.7 Å². The molecule has 0 radical (unpaired) electrons. The highest BCUT2D eigenvalue weighted by atomic mass is 31.0. The minimum absolute atomic E-state index is 0.114. The van der Waals surface area contributed by atoms with Crippen LogP contribution in [0.3, 0.4) is 0 Å². The maximum atomic E-state index is 10.4. The maximum Gasteiger partial charge on any atom is 0.420 e. The van der Waals surface area contributed by atoms with E-state index in [0.717, 1.165) is 0 Å². The minimum atomic E-state index is -0.620. The number of carbonyl (C=O) groups excluding carboxylic acids is 1. The summed E-state index contributed by atoms with van der Waals surface area (Å²) in [6.45, 7) is 1.96. The largest absolute Gasteiger partial charge is 0.457 e. The van der Waals surface area contributed by atoms with Crippen LogP contribution in [0.1, 0.15) is 6.92 Å². The molecule has 0 aromatic rings. The van der Waals surface area contributed by atoms with E-state index in [1.54, 1.807) is 6.92 Å². The van der Waals surface area contributed by atoms with E-state index in [1.165, 1.54) is 0 Å². The first-order chi connectivity index (χ1) is 4.22. The summed E-state index contributed by atoms with van der Waals surface area (Å²) in [5.41, 5.74) is 7.88. The molecule has 9 heavy (non-hydrogen) atoms. The van der Waals surface area contributed by atoms with Crippen molar-refractivity contribution in [3.8, 4) is 0 Å². The van der Waals surface area contributed by atoms with Gasteiger partial charge in [0.05, 0.1) is 6.61 Å². The van der Waals surface area contributed by atoms with Gasteiger partial charge < -0.3 is 10.3 Å². The molecule has 0 spiro atoms. The molecule has 0 saturated carbocycles. The maximum absolute atomic E-state index is 10.4. The average Bonchev–Trinajstić information content (AvgIpc) is 1.87. The third-order valence-electron chi connectivity index (χ3n) is 0.592. The van der Waals surface area contributed by atoms with Gasteiger partial charge in [-0.25, -0.2) is 4.79 Å². The smallest absolute Gasteiger partial charge is 0.420 e. The minimum Gasteiger partial charge on any atom is -0.457 e. The van der Waals surface area contributed by atoms with Crippen molar-refractivity contribution in [2.75, 3.05) is 6.61 Å². The zero-order valence-corrected chi connectivity index (χ0v) is 6.15. The molecular weight excluding hydrogens is 139 g/mol. The van der Waals surface area contributed by atoms with Gasteiger partial charge in [-0.2, -0.15) is 4.79 Å². The molecule has 0 aromatic heterocycles. The number of rotatable bonds is 2. The van der Waals surface area contributed by atoms with Gasteiger partial charge in [0.1, 0.15) is 0 Å². The Morgan fingerprint density at radius 2 is 2.44 bits per heavy atom. The van der Waals surface area contributed by atoms with Gasteiger partial charge in [-0.05, 0) is 16.2 Å². The second kappa shape index (κ2) is 4.19. The molecule has 1 unspecified atom stereocenters. The molecule has 0 saturated heterocycles. The Kier molecular flexibility index (Phi) is 3.85. The molecule has 1 atom stereocenters. The van der Waals surface area contributed by atoms with Gasteiger partial charge in [-0.3, -0.25) is 0 Å². The number of carbonyl (C=O) groups is 1. The summed E-state index contributed by atoms with van der Waals surface area (Å²) in [4.78, 5) is 13.1. The zero-order valence-electron chi connectivity index (χ0n) is 5.00. The molecule has 50 valence electrons. The Bertz CT molecular complexity index is 162. The molecule has 0 rings (SSSR count). The third kappa shape index (κ3) is 2.96. The van der Waals surface area contributed by atoms with Crippen molar-refractivity contribution in [1.29, 1.82) is 0 Å². The van der Waals surface area contributed by atoms with Gasteiger partial charge in [-0.1, -0.05) is 0 Å². The second-order valence-corrected chi connectivity index (χ2v) is 1.75. The number of ether oxygens (including phenoxy) is 1. The van der Waals surface area contributed by atoms with E-state index in [2.05, 4.69) is 9.53 Å². The lowest BCUT2D eigenvalue weighted by Crippen LogP contribution is -2.11. The van der Waals surface area contributed by atoms with Crippen molar-refractivity contribution in [2.24, 2.45) is 0 Å². The average molecular weight is 146 g/mol. The molecular formula is C4H7N2O2P. The highest BCUT2D eigenvalue weighted by molar-refractivity contribution is 7.44. The van der Waals surface area contributed by atoms with E-state index >= 15 is 0 Å². The van der Waals surface area contributed by atoms with Crippen molar-refractivity contribution in [1.82, 2.24) is 0 Å². The molecule has 0 aliphatic rings. The topological polar surface area (TPSA) is 62.7 Å². The van der Waals surface area contributed by atoms with Crippen molar-refractivity contribution in [2.45, 2.75) is 6.92 Å². The fraction of sp³-hybridized carbons (Fsp3) is 0.500. The Balaban J connectivity index is 3.89. The molecule has 0 fully saturated rings. The molecule has 4 nitrogen and oxygen atoms in total. The lowest BCUT2D eigenvalue weighted by molar-refractivity contribution is -0.138. The number of esters is 1. The van der Waals surface area contributed by atoms with Crippen LogP contribution in [0.25, 0.3) is 5.53 Å². The number of hydrogen-bond donors (Lipinski definition) is 0. The molecule has 0 aromatic carbocycles. The summed E-state index contributed by atoms with van der Waals surface area (Å²) >= 11 is 0. The summed E-state index contributed by atoms with van der Waals surface area (Å²) in [7, 11) is 1.95. The van der Waals surface area contributed by atoms with E-state index in [4.69, 9.17) is 5.53 Å². The van der Waals surface area contributed by atoms with Crippen LogP contribution in [0, 0.1) is 0 Å². The Hall–Kier alpha value is -0.720. The molecule has 0 aliphatic carbocycles. The van der Waals surface area contributed by atoms with Crippen LogP contribution in [0.2, 0.25) is 0 Å². The van der Waals surface area contributed by atoms with Crippen LogP contribution in [0.5, 0.6) is 0 Å². The molecule has 0 heterocycles. The Morgan fingerprint density at radius 1 is 1.89 bits per heavy atom. The fourth-order valence-electron chi connectivity index (χ4n) is 0.246. The third-order valence-corrected chi connectivity index (χ3v) is 0.943.